The number of aromatic carboxylic acids is 1. The van der Waals surface area contributed by atoms with E-state index in [4.69, 9.17) is 14.4 Å². The summed E-state index contributed by atoms with van der Waals surface area (Å²) in [6, 6.07) is 13.8. The molecule has 3 aromatic rings. The Hall–Kier alpha value is -3.61. The topological polar surface area (TPSA) is 102 Å². The molecule has 0 aliphatic rings. The number of carbonyl (C=O) groups is 2. The van der Waals surface area contributed by atoms with Crippen LogP contribution in [0, 0.1) is 0 Å². The van der Waals surface area contributed by atoms with Crippen LogP contribution in [0.4, 0.5) is 5.69 Å². The van der Waals surface area contributed by atoms with E-state index >= 15 is 0 Å². The summed E-state index contributed by atoms with van der Waals surface area (Å²) in [6.45, 7) is 6.22. The Kier molecular flexibility index (Phi) is 5.41. The van der Waals surface area contributed by atoms with Crippen molar-refractivity contribution in [1.29, 1.82) is 0 Å². The molecule has 3 rings (SSSR count). The second kappa shape index (κ2) is 7.79. The van der Waals surface area contributed by atoms with E-state index in [0.29, 0.717) is 28.3 Å². The molecule has 2 aromatic carbocycles. The molecule has 0 unspecified atom stereocenters. The minimum Gasteiger partial charge on any atom is -0.496 e. The Balaban J connectivity index is 1.88. The molecule has 0 aliphatic carbocycles. The smallest absolute Gasteiger partial charge is 0.358 e. The number of aromatic nitrogens is 1. The third kappa shape index (κ3) is 4.45. The van der Waals surface area contributed by atoms with E-state index in [1.807, 2.05) is 12.1 Å². The highest BCUT2D eigenvalue weighted by atomic mass is 16.5. The molecule has 29 heavy (non-hydrogen) atoms. The van der Waals surface area contributed by atoms with Crippen molar-refractivity contribution in [2.24, 2.45) is 0 Å². The summed E-state index contributed by atoms with van der Waals surface area (Å²) in [7, 11) is 1.52. The van der Waals surface area contributed by atoms with Gasteiger partial charge in [0.25, 0.3) is 5.91 Å². The largest absolute Gasteiger partial charge is 0.496 e. The van der Waals surface area contributed by atoms with Gasteiger partial charge in [0.2, 0.25) is 0 Å². The van der Waals surface area contributed by atoms with Gasteiger partial charge in [-0.25, -0.2) is 4.79 Å². The van der Waals surface area contributed by atoms with Crippen LogP contribution in [0.2, 0.25) is 0 Å². The van der Waals surface area contributed by atoms with Crippen LogP contribution >= 0.6 is 0 Å². The molecule has 1 heterocycles. The second-order valence-corrected chi connectivity index (χ2v) is 7.58. The lowest BCUT2D eigenvalue weighted by Gasteiger charge is -2.21. The number of rotatable bonds is 5. The Morgan fingerprint density at radius 2 is 1.86 bits per heavy atom. The SMILES string of the molecule is COc1ccc(C(C)(C)C)cc1C(=O)Nc1cccc(-c2cc(C(=O)O)no2)c1. The summed E-state index contributed by atoms with van der Waals surface area (Å²) < 4.78 is 10.4. The van der Waals surface area contributed by atoms with E-state index in [2.05, 4.69) is 31.2 Å². The van der Waals surface area contributed by atoms with Crippen molar-refractivity contribution in [3.63, 3.8) is 0 Å². The quantitative estimate of drug-likeness (QED) is 0.656. The number of amides is 1. The highest BCUT2D eigenvalue weighted by molar-refractivity contribution is 6.06. The molecule has 2 N–H and O–H groups in total. The first kappa shape index (κ1) is 20.1. The summed E-state index contributed by atoms with van der Waals surface area (Å²) in [6.07, 6.45) is 0. The minimum atomic E-state index is -1.17. The zero-order valence-electron chi connectivity index (χ0n) is 16.6. The summed E-state index contributed by atoms with van der Waals surface area (Å²) in [5.41, 5.74) is 2.27. The van der Waals surface area contributed by atoms with Crippen LogP contribution in [0.3, 0.4) is 0 Å². The second-order valence-electron chi connectivity index (χ2n) is 7.58. The number of carbonyl (C=O) groups excluding carboxylic acids is 1. The molecule has 0 saturated carbocycles. The van der Waals surface area contributed by atoms with Crippen molar-refractivity contribution in [3.8, 4) is 17.1 Å². The molecule has 0 saturated heterocycles. The molecule has 0 aliphatic heterocycles. The highest BCUT2D eigenvalue weighted by Gasteiger charge is 2.20. The first-order valence-corrected chi connectivity index (χ1v) is 8.99. The Bertz CT molecular complexity index is 1060. The predicted octanol–water partition coefficient (Wildman–Crippen LogP) is 4.60. The molecule has 0 bridgehead atoms. The number of nitrogens with zero attached hydrogens (tertiary/aromatic N) is 1. The number of benzene rings is 2. The van der Waals surface area contributed by atoms with Gasteiger partial charge in [0.1, 0.15) is 5.75 Å². The van der Waals surface area contributed by atoms with Gasteiger partial charge in [-0.05, 0) is 35.2 Å². The van der Waals surface area contributed by atoms with Crippen LogP contribution in [0.1, 0.15) is 47.2 Å². The summed E-state index contributed by atoms with van der Waals surface area (Å²) in [5, 5.41) is 15.3. The first-order valence-electron chi connectivity index (χ1n) is 8.99. The molecular weight excluding hydrogens is 372 g/mol. The van der Waals surface area contributed by atoms with Gasteiger partial charge < -0.3 is 19.7 Å². The zero-order chi connectivity index (χ0) is 21.2. The van der Waals surface area contributed by atoms with Gasteiger partial charge in [0, 0.05) is 17.3 Å². The normalized spacial score (nSPS) is 11.2. The maximum atomic E-state index is 12.9. The molecule has 0 atom stereocenters. The predicted molar refractivity (Wildman–Crippen MR) is 109 cm³/mol. The molecular formula is C22H22N2O5. The van der Waals surface area contributed by atoms with Crippen molar-refractivity contribution in [3.05, 3.63) is 65.4 Å². The Labute approximate surface area is 168 Å². The van der Waals surface area contributed by atoms with E-state index in [1.165, 1.54) is 13.2 Å². The zero-order valence-corrected chi connectivity index (χ0v) is 16.6. The van der Waals surface area contributed by atoms with Crippen LogP contribution in [-0.2, 0) is 5.41 Å². The van der Waals surface area contributed by atoms with Crippen molar-refractivity contribution >= 4 is 17.6 Å². The van der Waals surface area contributed by atoms with Gasteiger partial charge in [-0.1, -0.05) is 44.1 Å². The number of carboxylic acids is 1. The average Bonchev–Trinajstić information content (AvgIpc) is 3.17. The van der Waals surface area contributed by atoms with E-state index in [1.54, 1.807) is 30.3 Å². The lowest BCUT2D eigenvalue weighted by atomic mass is 9.86. The van der Waals surface area contributed by atoms with Crippen LogP contribution in [-0.4, -0.2) is 29.2 Å². The molecule has 0 fully saturated rings. The third-order valence-electron chi connectivity index (χ3n) is 4.44. The van der Waals surface area contributed by atoms with Gasteiger partial charge in [-0.15, -0.1) is 0 Å². The molecule has 1 aromatic heterocycles. The van der Waals surface area contributed by atoms with Crippen LogP contribution in [0.25, 0.3) is 11.3 Å². The van der Waals surface area contributed by atoms with Gasteiger partial charge in [-0.2, -0.15) is 0 Å². The monoisotopic (exact) mass is 394 g/mol. The number of carboxylic acid groups (broad SMARTS) is 1. The van der Waals surface area contributed by atoms with Crippen LogP contribution in [0.5, 0.6) is 5.75 Å². The van der Waals surface area contributed by atoms with E-state index in [0.717, 1.165) is 5.56 Å². The maximum Gasteiger partial charge on any atom is 0.358 e. The number of methoxy groups -OCH3 is 1. The molecule has 150 valence electrons. The van der Waals surface area contributed by atoms with Gasteiger partial charge in [0.05, 0.1) is 12.7 Å². The van der Waals surface area contributed by atoms with Crippen LogP contribution in [0.15, 0.2) is 53.1 Å². The lowest BCUT2D eigenvalue weighted by Crippen LogP contribution is -2.17. The number of hydrogen-bond donors (Lipinski definition) is 2. The summed E-state index contributed by atoms with van der Waals surface area (Å²) >= 11 is 0. The number of nitrogens with one attached hydrogen (secondary N) is 1. The molecule has 7 nitrogen and oxygen atoms in total. The first-order chi connectivity index (χ1) is 13.7. The number of hydrogen-bond acceptors (Lipinski definition) is 5. The molecule has 0 radical (unpaired) electrons. The number of ether oxygens (including phenoxy) is 1. The molecule has 7 heteroatoms. The van der Waals surface area contributed by atoms with Crippen molar-refractivity contribution in [2.45, 2.75) is 26.2 Å². The Morgan fingerprint density at radius 3 is 2.48 bits per heavy atom. The third-order valence-corrected chi connectivity index (χ3v) is 4.44. The minimum absolute atomic E-state index is 0.116. The fourth-order valence-corrected chi connectivity index (χ4v) is 2.81. The fraction of sp³-hybridized carbons (Fsp3) is 0.227. The average molecular weight is 394 g/mol. The van der Waals surface area contributed by atoms with Gasteiger partial charge >= 0.3 is 5.97 Å². The molecule has 0 spiro atoms. The summed E-state index contributed by atoms with van der Waals surface area (Å²) in [4.78, 5) is 23.9. The maximum absolute atomic E-state index is 12.9. The fourth-order valence-electron chi connectivity index (χ4n) is 2.81. The van der Waals surface area contributed by atoms with E-state index in [9.17, 15) is 9.59 Å². The molecule has 1 amide bonds. The van der Waals surface area contributed by atoms with Crippen LogP contribution < -0.4 is 10.1 Å². The Morgan fingerprint density at radius 1 is 1.10 bits per heavy atom. The van der Waals surface area contributed by atoms with Crippen molar-refractivity contribution < 1.29 is 24.0 Å². The lowest BCUT2D eigenvalue weighted by molar-refractivity contribution is 0.0685. The van der Waals surface area contributed by atoms with E-state index in [-0.39, 0.29) is 17.0 Å². The van der Waals surface area contributed by atoms with Crippen molar-refractivity contribution in [2.75, 3.05) is 12.4 Å². The highest BCUT2D eigenvalue weighted by Crippen LogP contribution is 2.29. The van der Waals surface area contributed by atoms with Gasteiger partial charge in [0.15, 0.2) is 11.5 Å². The van der Waals surface area contributed by atoms with E-state index < -0.39 is 5.97 Å². The van der Waals surface area contributed by atoms with Gasteiger partial charge in [-0.3, -0.25) is 4.79 Å². The summed E-state index contributed by atoms with van der Waals surface area (Å²) in [5.74, 6) is -0.706. The van der Waals surface area contributed by atoms with Crippen molar-refractivity contribution in [1.82, 2.24) is 5.16 Å². The standard InChI is InChI=1S/C22H22N2O5/c1-22(2,3)14-8-9-18(28-4)16(11-14)20(25)23-15-7-5-6-13(10-15)19-12-17(21(26)27)24-29-19/h5-12H,1-4H3,(H,23,25)(H,26,27). The number of anilines is 1.